The first kappa shape index (κ1) is 14.8. The third-order valence-corrected chi connectivity index (χ3v) is 4.57. The molecular formula is C17H25NO3. The van der Waals surface area contributed by atoms with Crippen molar-refractivity contribution in [1.29, 1.82) is 0 Å². The van der Waals surface area contributed by atoms with Gasteiger partial charge in [-0.1, -0.05) is 19.1 Å². The molecule has 0 aliphatic carbocycles. The highest BCUT2D eigenvalue weighted by Crippen LogP contribution is 2.34. The maximum atomic E-state index is 6.13. The molecule has 1 aromatic carbocycles. The molecule has 2 N–H and O–H groups in total. The highest BCUT2D eigenvalue weighted by Gasteiger charge is 2.41. The Morgan fingerprint density at radius 1 is 1.33 bits per heavy atom. The zero-order valence-electron chi connectivity index (χ0n) is 12.7. The molecule has 4 heteroatoms. The summed E-state index contributed by atoms with van der Waals surface area (Å²) in [6.45, 7) is 4.36. The van der Waals surface area contributed by atoms with E-state index in [0.29, 0.717) is 6.61 Å². The van der Waals surface area contributed by atoms with Crippen LogP contribution in [0.5, 0.6) is 5.75 Å². The minimum atomic E-state index is -0.104. The first-order valence-electron chi connectivity index (χ1n) is 7.95. The second-order valence-corrected chi connectivity index (χ2v) is 6.15. The summed E-state index contributed by atoms with van der Waals surface area (Å²) in [5, 5.41) is 0. The van der Waals surface area contributed by atoms with Crippen molar-refractivity contribution in [3.63, 3.8) is 0 Å². The number of rotatable bonds is 4. The molecule has 21 heavy (non-hydrogen) atoms. The number of hydrogen-bond donors (Lipinski definition) is 1. The fraction of sp³-hybridized carbons (Fsp3) is 0.647. The van der Waals surface area contributed by atoms with Crippen LogP contribution < -0.4 is 10.5 Å². The predicted molar refractivity (Wildman–Crippen MR) is 81.4 cm³/mol. The van der Waals surface area contributed by atoms with Crippen molar-refractivity contribution in [2.75, 3.05) is 19.8 Å². The number of ether oxygens (including phenoxy) is 3. The minimum absolute atomic E-state index is 0.104. The SMILES string of the molecule is CCC(N)c1ccc(OC2CCOC3(CCOC3)C2)cc1. The van der Waals surface area contributed by atoms with Gasteiger partial charge in [-0.25, -0.2) is 0 Å². The molecule has 0 aromatic heterocycles. The van der Waals surface area contributed by atoms with E-state index in [4.69, 9.17) is 19.9 Å². The maximum absolute atomic E-state index is 6.13. The van der Waals surface area contributed by atoms with Gasteiger partial charge in [0.25, 0.3) is 0 Å². The highest BCUT2D eigenvalue weighted by atomic mass is 16.6. The van der Waals surface area contributed by atoms with E-state index in [1.165, 1.54) is 0 Å². The Morgan fingerprint density at radius 3 is 2.81 bits per heavy atom. The monoisotopic (exact) mass is 291 g/mol. The molecule has 0 bridgehead atoms. The fourth-order valence-electron chi connectivity index (χ4n) is 3.17. The molecule has 1 aromatic rings. The van der Waals surface area contributed by atoms with Gasteiger partial charge in [-0.3, -0.25) is 0 Å². The Bertz CT molecular complexity index is 454. The van der Waals surface area contributed by atoms with E-state index in [-0.39, 0.29) is 17.7 Å². The standard InChI is InChI=1S/C17H25NO3/c1-2-16(18)13-3-5-14(6-4-13)21-15-7-9-20-17(11-15)8-10-19-12-17/h3-6,15-16H,2,7-12,18H2,1H3. The van der Waals surface area contributed by atoms with Gasteiger partial charge in [0.1, 0.15) is 11.9 Å². The van der Waals surface area contributed by atoms with Crippen LogP contribution in [0.15, 0.2) is 24.3 Å². The summed E-state index contributed by atoms with van der Waals surface area (Å²) in [7, 11) is 0. The molecule has 0 amide bonds. The molecule has 2 aliphatic heterocycles. The van der Waals surface area contributed by atoms with Crippen LogP contribution in [0.1, 0.15) is 44.2 Å². The van der Waals surface area contributed by atoms with E-state index in [1.54, 1.807) is 0 Å². The summed E-state index contributed by atoms with van der Waals surface area (Å²) in [6.07, 6.45) is 4.01. The van der Waals surface area contributed by atoms with Gasteiger partial charge in [0.15, 0.2) is 0 Å². The van der Waals surface area contributed by atoms with Crippen molar-refractivity contribution >= 4 is 0 Å². The lowest BCUT2D eigenvalue weighted by atomic mass is 9.91. The normalized spacial score (nSPS) is 30.5. The Kier molecular flexibility index (Phi) is 4.48. The first-order chi connectivity index (χ1) is 10.2. The molecule has 1 spiro atoms. The summed E-state index contributed by atoms with van der Waals surface area (Å²) < 4.78 is 17.6. The summed E-state index contributed by atoms with van der Waals surface area (Å²) in [5.41, 5.74) is 7.10. The quantitative estimate of drug-likeness (QED) is 0.927. The Morgan fingerprint density at radius 2 is 2.14 bits per heavy atom. The van der Waals surface area contributed by atoms with E-state index in [1.807, 2.05) is 12.1 Å². The van der Waals surface area contributed by atoms with Crippen molar-refractivity contribution in [2.24, 2.45) is 5.73 Å². The molecule has 116 valence electrons. The van der Waals surface area contributed by atoms with Crippen LogP contribution in [0.25, 0.3) is 0 Å². The van der Waals surface area contributed by atoms with Crippen LogP contribution >= 0.6 is 0 Å². The molecule has 3 rings (SSSR count). The van der Waals surface area contributed by atoms with Gasteiger partial charge < -0.3 is 19.9 Å². The van der Waals surface area contributed by atoms with Gasteiger partial charge in [-0.05, 0) is 24.1 Å². The van der Waals surface area contributed by atoms with E-state index >= 15 is 0 Å². The highest BCUT2D eigenvalue weighted by molar-refractivity contribution is 5.29. The number of hydrogen-bond acceptors (Lipinski definition) is 4. The molecular weight excluding hydrogens is 266 g/mol. The van der Waals surface area contributed by atoms with Crippen molar-refractivity contribution in [3.05, 3.63) is 29.8 Å². The largest absolute Gasteiger partial charge is 0.490 e. The maximum Gasteiger partial charge on any atom is 0.119 e. The molecule has 2 heterocycles. The molecule has 4 nitrogen and oxygen atoms in total. The number of nitrogens with two attached hydrogens (primary N) is 1. The third-order valence-electron chi connectivity index (χ3n) is 4.57. The number of benzene rings is 1. The average molecular weight is 291 g/mol. The topological polar surface area (TPSA) is 53.7 Å². The second-order valence-electron chi connectivity index (χ2n) is 6.15. The lowest BCUT2D eigenvalue weighted by Gasteiger charge is -2.37. The van der Waals surface area contributed by atoms with Gasteiger partial charge in [-0.2, -0.15) is 0 Å². The predicted octanol–water partition coefficient (Wildman–Crippen LogP) is 2.81. The van der Waals surface area contributed by atoms with Gasteiger partial charge in [0.05, 0.1) is 18.8 Å². The molecule has 2 aliphatic rings. The van der Waals surface area contributed by atoms with Crippen molar-refractivity contribution < 1.29 is 14.2 Å². The van der Waals surface area contributed by atoms with E-state index < -0.39 is 0 Å². The zero-order valence-corrected chi connectivity index (χ0v) is 12.7. The minimum Gasteiger partial charge on any atom is -0.490 e. The average Bonchev–Trinajstić information content (AvgIpc) is 2.95. The van der Waals surface area contributed by atoms with Crippen molar-refractivity contribution in [3.8, 4) is 5.75 Å². The molecule has 3 atom stereocenters. The molecule has 0 radical (unpaired) electrons. The smallest absolute Gasteiger partial charge is 0.119 e. The first-order valence-corrected chi connectivity index (χ1v) is 7.95. The lowest BCUT2D eigenvalue weighted by molar-refractivity contribution is -0.112. The van der Waals surface area contributed by atoms with Crippen LogP contribution in [0.3, 0.4) is 0 Å². The van der Waals surface area contributed by atoms with Crippen molar-refractivity contribution in [2.45, 2.75) is 50.4 Å². The Balaban J connectivity index is 1.60. The van der Waals surface area contributed by atoms with Gasteiger partial charge in [0, 0.05) is 31.9 Å². The summed E-state index contributed by atoms with van der Waals surface area (Å²) >= 11 is 0. The zero-order chi connectivity index (χ0) is 14.7. The third kappa shape index (κ3) is 3.39. The van der Waals surface area contributed by atoms with Gasteiger partial charge in [0.2, 0.25) is 0 Å². The molecule has 3 unspecified atom stereocenters. The van der Waals surface area contributed by atoms with Crippen LogP contribution in [0.4, 0.5) is 0 Å². The summed E-state index contributed by atoms with van der Waals surface area (Å²) in [6, 6.07) is 8.30. The molecule has 2 fully saturated rings. The van der Waals surface area contributed by atoms with E-state index in [2.05, 4.69) is 19.1 Å². The summed E-state index contributed by atoms with van der Waals surface area (Å²) in [5.74, 6) is 0.919. The second kappa shape index (κ2) is 6.34. The van der Waals surface area contributed by atoms with Crippen LogP contribution in [0, 0.1) is 0 Å². The Hall–Kier alpha value is -1.10. The molecule has 2 saturated heterocycles. The van der Waals surface area contributed by atoms with Crippen LogP contribution in [-0.2, 0) is 9.47 Å². The fourth-order valence-corrected chi connectivity index (χ4v) is 3.17. The molecule has 0 saturated carbocycles. The lowest BCUT2D eigenvalue weighted by Crippen LogP contribution is -2.44. The van der Waals surface area contributed by atoms with Crippen molar-refractivity contribution in [1.82, 2.24) is 0 Å². The van der Waals surface area contributed by atoms with Crippen LogP contribution in [0.2, 0.25) is 0 Å². The van der Waals surface area contributed by atoms with E-state index in [9.17, 15) is 0 Å². The van der Waals surface area contributed by atoms with Gasteiger partial charge in [-0.15, -0.1) is 0 Å². The van der Waals surface area contributed by atoms with Gasteiger partial charge >= 0.3 is 0 Å². The Labute approximate surface area is 126 Å². The summed E-state index contributed by atoms with van der Waals surface area (Å²) in [4.78, 5) is 0. The van der Waals surface area contributed by atoms with E-state index in [0.717, 1.165) is 50.2 Å². The van der Waals surface area contributed by atoms with Crippen LogP contribution in [-0.4, -0.2) is 31.5 Å².